The van der Waals surface area contributed by atoms with Crippen LogP contribution in [0.5, 0.6) is 0 Å². The molecule has 0 spiro atoms. The minimum atomic E-state index is -0.291. The van der Waals surface area contributed by atoms with Gasteiger partial charge in [0.15, 0.2) is 0 Å². The zero-order chi connectivity index (χ0) is 12.8. The predicted molar refractivity (Wildman–Crippen MR) is 69.9 cm³/mol. The first-order chi connectivity index (χ1) is 8.81. The molecule has 0 N–H and O–H groups in total. The van der Waals surface area contributed by atoms with Gasteiger partial charge in [0.1, 0.15) is 18.7 Å². The Bertz CT molecular complexity index is 486. The van der Waals surface area contributed by atoms with E-state index in [2.05, 4.69) is 0 Å². The fraction of sp³-hybridized carbons (Fsp3) is 0.267. The summed E-state index contributed by atoms with van der Waals surface area (Å²) in [4.78, 5) is 0. The van der Waals surface area contributed by atoms with Gasteiger partial charge in [-0.2, -0.15) is 0 Å². The zero-order valence-corrected chi connectivity index (χ0v) is 10.5. The molecule has 0 saturated heterocycles. The molecule has 0 fully saturated rings. The third-order valence-corrected chi connectivity index (χ3v) is 2.89. The van der Waals surface area contributed by atoms with Crippen LogP contribution in [-0.2, 0) is 4.74 Å². The summed E-state index contributed by atoms with van der Waals surface area (Å²) in [5.41, 5.74) is 1.66. The van der Waals surface area contributed by atoms with Gasteiger partial charge >= 0.3 is 0 Å². The first kappa shape index (κ1) is 12.4. The molecule has 1 aliphatic heterocycles. The lowest BCUT2D eigenvalue weighted by Gasteiger charge is -2.10. The Morgan fingerprint density at radius 2 is 2.11 bits per heavy atom. The van der Waals surface area contributed by atoms with Crippen LogP contribution in [0.3, 0.4) is 0 Å². The molecule has 0 atom stereocenters. The van der Waals surface area contributed by atoms with Gasteiger partial charge in [-0.15, -0.1) is 0 Å². The second kappa shape index (κ2) is 6.05. The smallest absolute Gasteiger partial charge is 0.226 e. The monoisotopic (exact) mass is 243 g/mol. The minimum absolute atomic E-state index is 0.291. The third kappa shape index (κ3) is 3.00. The summed E-state index contributed by atoms with van der Waals surface area (Å²) >= 11 is 0. The van der Waals surface area contributed by atoms with Crippen molar-refractivity contribution in [3.63, 3.8) is 0 Å². The predicted octanol–water partition coefficient (Wildman–Crippen LogP) is 1.75. The molecule has 3 nitrogen and oxygen atoms in total. The molecule has 0 radical (unpaired) electrons. The van der Waals surface area contributed by atoms with E-state index in [9.17, 15) is 5.11 Å². The highest BCUT2D eigenvalue weighted by atomic mass is 16.6. The first-order valence-corrected chi connectivity index (χ1v) is 6.09. The molecule has 0 bridgehead atoms. The summed E-state index contributed by atoms with van der Waals surface area (Å²) in [5, 5.41) is 11.7. The molecule has 18 heavy (non-hydrogen) atoms. The van der Waals surface area contributed by atoms with Gasteiger partial charge < -0.3 is 9.84 Å². The molecule has 94 valence electrons. The summed E-state index contributed by atoms with van der Waals surface area (Å²) in [6.45, 7) is 0.879. The lowest BCUT2D eigenvalue weighted by atomic mass is 10.2. The Labute approximate surface area is 107 Å². The van der Waals surface area contributed by atoms with E-state index in [1.54, 1.807) is 0 Å². The Hall–Kier alpha value is -2.03. The van der Waals surface area contributed by atoms with Crippen molar-refractivity contribution < 1.29 is 14.4 Å². The van der Waals surface area contributed by atoms with E-state index >= 15 is 0 Å². The van der Waals surface area contributed by atoms with Crippen molar-refractivity contribution in [3.8, 4) is 0 Å². The van der Waals surface area contributed by atoms with E-state index < -0.39 is 0 Å². The van der Waals surface area contributed by atoms with E-state index in [0.717, 1.165) is 24.9 Å². The molecule has 0 amide bonds. The maximum atomic E-state index is 11.7. The highest BCUT2D eigenvalue weighted by Crippen LogP contribution is 2.12. The molecule has 0 unspecified atom stereocenters. The van der Waals surface area contributed by atoms with Gasteiger partial charge in [0.05, 0.1) is 0 Å². The highest BCUT2D eigenvalue weighted by Gasteiger charge is 2.16. The largest absolute Gasteiger partial charge is 0.612 e. The lowest BCUT2D eigenvalue weighted by Crippen LogP contribution is -2.17. The first-order valence-electron chi connectivity index (χ1n) is 6.09. The topological polar surface area (TPSA) is 35.3 Å². The van der Waals surface area contributed by atoms with E-state index in [0.29, 0.717) is 5.70 Å². The Morgan fingerprint density at radius 3 is 2.72 bits per heavy atom. The summed E-state index contributed by atoms with van der Waals surface area (Å²) < 4.78 is 6.79. The molecule has 1 aliphatic rings. The van der Waals surface area contributed by atoms with Crippen molar-refractivity contribution in [1.29, 1.82) is 0 Å². The fourth-order valence-corrected chi connectivity index (χ4v) is 1.94. The van der Waals surface area contributed by atoms with Crippen LogP contribution < -0.4 is 5.11 Å². The molecule has 1 aromatic rings. The van der Waals surface area contributed by atoms with Gasteiger partial charge in [-0.25, -0.2) is 4.58 Å². The molecule has 1 heterocycles. The quantitative estimate of drug-likeness (QED) is 0.459. The van der Waals surface area contributed by atoms with E-state index in [1.807, 2.05) is 53.3 Å². The number of nitrogens with zero attached hydrogens (tertiary/aromatic N) is 1. The zero-order valence-electron chi connectivity index (χ0n) is 10.5. The van der Waals surface area contributed by atoms with Gasteiger partial charge in [-0.1, -0.05) is 30.3 Å². The number of hydrogen-bond donors (Lipinski definition) is 0. The Kier molecular flexibility index (Phi) is 4.18. The average molecular weight is 243 g/mol. The standard InChI is InChI=1S/C15H17NO2/c1-18-15(17)14(16-11-5-6-12-16)10-9-13-7-3-2-4-8-13/h2-4,7-11H,5-6,12H2,1H3/b10-9+,15-14+. The summed E-state index contributed by atoms with van der Waals surface area (Å²) in [5.74, 6) is -0.291. The van der Waals surface area contributed by atoms with Gasteiger partial charge in [0.2, 0.25) is 5.70 Å². The normalized spacial score (nSPS) is 16.6. The van der Waals surface area contributed by atoms with Crippen molar-refractivity contribution in [1.82, 2.24) is 0 Å². The van der Waals surface area contributed by atoms with Crippen LogP contribution in [0.1, 0.15) is 18.4 Å². The Balaban J connectivity index is 2.24. The van der Waals surface area contributed by atoms with Crippen molar-refractivity contribution in [2.24, 2.45) is 0 Å². The van der Waals surface area contributed by atoms with E-state index in [-0.39, 0.29) is 5.95 Å². The van der Waals surface area contributed by atoms with Crippen molar-refractivity contribution in [3.05, 3.63) is 53.6 Å². The van der Waals surface area contributed by atoms with E-state index in [4.69, 9.17) is 4.74 Å². The van der Waals surface area contributed by atoms with Crippen LogP contribution in [0, 0.1) is 0 Å². The van der Waals surface area contributed by atoms with Crippen molar-refractivity contribution >= 4 is 12.3 Å². The van der Waals surface area contributed by atoms with Gasteiger partial charge in [-0.05, 0) is 18.7 Å². The van der Waals surface area contributed by atoms with E-state index in [1.165, 1.54) is 7.11 Å². The number of allylic oxidation sites excluding steroid dienone is 1. The molecule has 3 heteroatoms. The molecular formula is C15H17NO2. The molecular weight excluding hydrogens is 226 g/mol. The minimum Gasteiger partial charge on any atom is -0.612 e. The second-order valence-corrected chi connectivity index (χ2v) is 4.14. The van der Waals surface area contributed by atoms with Gasteiger partial charge in [0.25, 0.3) is 0 Å². The van der Waals surface area contributed by atoms with Crippen LogP contribution in [0.25, 0.3) is 6.08 Å². The maximum Gasteiger partial charge on any atom is 0.226 e. The highest BCUT2D eigenvalue weighted by molar-refractivity contribution is 5.56. The Morgan fingerprint density at radius 1 is 1.33 bits per heavy atom. The number of ether oxygens (including phenoxy) is 1. The number of rotatable bonds is 4. The SMILES string of the molecule is CO/C([O-])=C(\C=C\c1ccccc1)[N+]1=CCCC1. The molecule has 1 aromatic carbocycles. The third-order valence-electron chi connectivity index (χ3n) is 2.89. The number of methoxy groups -OCH3 is 1. The molecule has 2 rings (SSSR count). The van der Waals surface area contributed by atoms with Crippen molar-refractivity contribution in [2.45, 2.75) is 12.8 Å². The molecule has 0 aromatic heterocycles. The average Bonchev–Trinajstić information content (AvgIpc) is 2.94. The van der Waals surface area contributed by atoms with Gasteiger partial charge in [0, 0.05) is 18.9 Å². The summed E-state index contributed by atoms with van der Waals surface area (Å²) in [6, 6.07) is 9.91. The summed E-state index contributed by atoms with van der Waals surface area (Å²) in [6.07, 6.45) is 7.89. The fourth-order valence-electron chi connectivity index (χ4n) is 1.94. The number of hydrogen-bond acceptors (Lipinski definition) is 2. The van der Waals surface area contributed by atoms with Gasteiger partial charge in [-0.3, -0.25) is 0 Å². The van der Waals surface area contributed by atoms with Crippen LogP contribution in [0.4, 0.5) is 0 Å². The second-order valence-electron chi connectivity index (χ2n) is 4.14. The maximum absolute atomic E-state index is 11.7. The lowest BCUT2D eigenvalue weighted by molar-refractivity contribution is -0.480. The van der Waals surface area contributed by atoms with Crippen LogP contribution >= 0.6 is 0 Å². The summed E-state index contributed by atoms with van der Waals surface area (Å²) in [7, 11) is 1.41. The van der Waals surface area contributed by atoms with Crippen molar-refractivity contribution in [2.75, 3.05) is 13.7 Å². The molecule has 0 saturated carbocycles. The van der Waals surface area contributed by atoms with Crippen LogP contribution in [-0.4, -0.2) is 24.4 Å². The van der Waals surface area contributed by atoms with Crippen LogP contribution in [0.2, 0.25) is 0 Å². The number of benzene rings is 1. The molecule has 0 aliphatic carbocycles. The van der Waals surface area contributed by atoms with Crippen LogP contribution in [0.15, 0.2) is 48.1 Å².